The van der Waals surface area contributed by atoms with Crippen LogP contribution in [-0.2, 0) is 14.3 Å². The molecule has 0 spiro atoms. The third-order valence-electron chi connectivity index (χ3n) is 2.22. The summed E-state index contributed by atoms with van der Waals surface area (Å²) in [5.74, 6) is 0.0654. The van der Waals surface area contributed by atoms with Gasteiger partial charge in [0.25, 0.3) is 0 Å². The average molecular weight is 255 g/mol. The van der Waals surface area contributed by atoms with Gasteiger partial charge in [-0.2, -0.15) is 0 Å². The molecule has 0 saturated carbocycles. The molecule has 0 aliphatic rings. The maximum Gasteiger partial charge on any atom is 0.236 e. The SMILES string of the molecule is COCCNCC(=O)N(C)C(C)COC.Cl. The zero-order valence-corrected chi connectivity index (χ0v) is 11.3. The van der Waals surface area contributed by atoms with Gasteiger partial charge in [-0.25, -0.2) is 0 Å². The smallest absolute Gasteiger partial charge is 0.236 e. The van der Waals surface area contributed by atoms with Crippen LogP contribution < -0.4 is 5.32 Å². The number of methoxy groups -OCH3 is 2. The van der Waals surface area contributed by atoms with Crippen molar-refractivity contribution >= 4 is 18.3 Å². The normalized spacial score (nSPS) is 11.8. The molecular formula is C10H23ClN2O3. The van der Waals surface area contributed by atoms with Crippen molar-refractivity contribution in [3.8, 4) is 0 Å². The first-order valence-electron chi connectivity index (χ1n) is 5.07. The van der Waals surface area contributed by atoms with Gasteiger partial charge < -0.3 is 19.7 Å². The fourth-order valence-electron chi connectivity index (χ4n) is 1.09. The summed E-state index contributed by atoms with van der Waals surface area (Å²) >= 11 is 0. The van der Waals surface area contributed by atoms with Gasteiger partial charge in [-0.3, -0.25) is 4.79 Å². The van der Waals surface area contributed by atoms with Gasteiger partial charge in [0, 0.05) is 27.8 Å². The van der Waals surface area contributed by atoms with Crippen molar-refractivity contribution < 1.29 is 14.3 Å². The molecule has 0 aromatic rings. The topological polar surface area (TPSA) is 50.8 Å². The molecule has 0 aliphatic heterocycles. The van der Waals surface area contributed by atoms with Gasteiger partial charge in [0.05, 0.1) is 25.8 Å². The molecule has 0 heterocycles. The molecule has 0 radical (unpaired) electrons. The molecule has 6 heteroatoms. The Morgan fingerprint density at radius 2 is 2.00 bits per heavy atom. The second-order valence-electron chi connectivity index (χ2n) is 3.48. The molecule has 1 unspecified atom stereocenters. The number of likely N-dealkylation sites (N-methyl/N-ethyl adjacent to an activating group) is 1. The Morgan fingerprint density at radius 3 is 2.50 bits per heavy atom. The molecular weight excluding hydrogens is 232 g/mol. The molecule has 5 nitrogen and oxygen atoms in total. The van der Waals surface area contributed by atoms with Crippen molar-refractivity contribution in [2.45, 2.75) is 13.0 Å². The van der Waals surface area contributed by atoms with Gasteiger partial charge in [-0.05, 0) is 6.92 Å². The van der Waals surface area contributed by atoms with Crippen molar-refractivity contribution in [1.29, 1.82) is 0 Å². The van der Waals surface area contributed by atoms with Crippen LogP contribution in [0.2, 0.25) is 0 Å². The van der Waals surface area contributed by atoms with Crippen LogP contribution >= 0.6 is 12.4 Å². The Balaban J connectivity index is 0. The molecule has 1 N–H and O–H groups in total. The highest BCUT2D eigenvalue weighted by molar-refractivity contribution is 5.85. The summed E-state index contributed by atoms with van der Waals surface area (Å²) in [5, 5.41) is 3.01. The van der Waals surface area contributed by atoms with Crippen LogP contribution in [0.5, 0.6) is 0 Å². The highest BCUT2D eigenvalue weighted by Gasteiger charge is 2.14. The standard InChI is InChI=1S/C10H22N2O3.ClH/c1-9(8-15-4)12(2)10(13)7-11-5-6-14-3;/h9,11H,5-8H2,1-4H3;1H. The molecule has 0 rings (SSSR count). The number of carbonyl (C=O) groups excluding carboxylic acids is 1. The zero-order valence-electron chi connectivity index (χ0n) is 10.5. The molecule has 0 aliphatic carbocycles. The van der Waals surface area contributed by atoms with E-state index in [4.69, 9.17) is 9.47 Å². The Hall–Kier alpha value is -0.360. The Labute approximate surface area is 104 Å². The Bertz CT molecular complexity index is 181. The van der Waals surface area contributed by atoms with E-state index in [1.165, 1.54) is 0 Å². The van der Waals surface area contributed by atoms with Gasteiger partial charge in [0.2, 0.25) is 5.91 Å². The average Bonchev–Trinajstić information content (AvgIpc) is 2.23. The number of nitrogens with one attached hydrogen (secondary N) is 1. The largest absolute Gasteiger partial charge is 0.383 e. The van der Waals surface area contributed by atoms with Crippen LogP contribution in [0.15, 0.2) is 0 Å². The summed E-state index contributed by atoms with van der Waals surface area (Å²) < 4.78 is 9.85. The van der Waals surface area contributed by atoms with E-state index in [9.17, 15) is 4.79 Å². The van der Waals surface area contributed by atoms with Crippen LogP contribution in [0.25, 0.3) is 0 Å². The number of halogens is 1. The third-order valence-corrected chi connectivity index (χ3v) is 2.22. The minimum atomic E-state index is 0. The van der Waals surface area contributed by atoms with E-state index in [-0.39, 0.29) is 24.4 Å². The second kappa shape index (κ2) is 11.1. The zero-order chi connectivity index (χ0) is 11.7. The van der Waals surface area contributed by atoms with Crippen molar-refractivity contribution in [2.24, 2.45) is 0 Å². The Morgan fingerprint density at radius 1 is 1.38 bits per heavy atom. The van der Waals surface area contributed by atoms with Crippen LogP contribution in [-0.4, -0.2) is 64.4 Å². The van der Waals surface area contributed by atoms with Crippen LogP contribution in [0.3, 0.4) is 0 Å². The third kappa shape index (κ3) is 7.87. The number of ether oxygens (including phenoxy) is 2. The summed E-state index contributed by atoms with van der Waals surface area (Å²) in [6, 6.07) is 0.103. The van der Waals surface area contributed by atoms with Crippen LogP contribution in [0.4, 0.5) is 0 Å². The first-order valence-corrected chi connectivity index (χ1v) is 5.07. The van der Waals surface area contributed by atoms with E-state index in [1.807, 2.05) is 6.92 Å². The molecule has 0 aromatic carbocycles. The van der Waals surface area contributed by atoms with E-state index < -0.39 is 0 Å². The fraction of sp³-hybridized carbons (Fsp3) is 0.900. The monoisotopic (exact) mass is 254 g/mol. The van der Waals surface area contributed by atoms with Crippen molar-refractivity contribution in [3.05, 3.63) is 0 Å². The van der Waals surface area contributed by atoms with E-state index in [0.29, 0.717) is 26.3 Å². The highest BCUT2D eigenvalue weighted by atomic mass is 35.5. The van der Waals surface area contributed by atoms with E-state index in [1.54, 1.807) is 26.2 Å². The molecule has 16 heavy (non-hydrogen) atoms. The van der Waals surface area contributed by atoms with E-state index in [0.717, 1.165) is 0 Å². The fourth-order valence-corrected chi connectivity index (χ4v) is 1.09. The molecule has 0 fully saturated rings. The Kier molecular flexibility index (Phi) is 12.5. The van der Waals surface area contributed by atoms with Crippen molar-refractivity contribution in [2.75, 3.05) is 47.6 Å². The molecule has 98 valence electrons. The number of hydrogen-bond donors (Lipinski definition) is 1. The second-order valence-corrected chi connectivity index (χ2v) is 3.48. The summed E-state index contributed by atoms with van der Waals surface area (Å²) in [6.07, 6.45) is 0. The highest BCUT2D eigenvalue weighted by Crippen LogP contribution is 1.95. The number of hydrogen-bond acceptors (Lipinski definition) is 4. The quantitative estimate of drug-likeness (QED) is 0.626. The predicted octanol–water partition coefficient (Wildman–Crippen LogP) is 0.138. The number of rotatable bonds is 8. The summed E-state index contributed by atoms with van der Waals surface area (Å²) in [5.41, 5.74) is 0. The lowest BCUT2D eigenvalue weighted by Crippen LogP contribution is -2.43. The number of amides is 1. The van der Waals surface area contributed by atoms with Gasteiger partial charge in [-0.15, -0.1) is 12.4 Å². The minimum absolute atomic E-state index is 0. The van der Waals surface area contributed by atoms with Gasteiger partial charge in [-0.1, -0.05) is 0 Å². The van der Waals surface area contributed by atoms with Gasteiger partial charge in [0.1, 0.15) is 0 Å². The van der Waals surface area contributed by atoms with Crippen molar-refractivity contribution in [3.63, 3.8) is 0 Å². The summed E-state index contributed by atoms with van der Waals surface area (Å²) in [4.78, 5) is 13.3. The molecule has 1 atom stereocenters. The molecule has 0 bridgehead atoms. The lowest BCUT2D eigenvalue weighted by molar-refractivity contribution is -0.131. The summed E-state index contributed by atoms with van der Waals surface area (Å²) in [7, 11) is 5.05. The van der Waals surface area contributed by atoms with Crippen molar-refractivity contribution in [1.82, 2.24) is 10.2 Å². The van der Waals surface area contributed by atoms with E-state index >= 15 is 0 Å². The number of carbonyl (C=O) groups is 1. The first kappa shape index (κ1) is 18.0. The maximum atomic E-state index is 11.6. The first-order chi connectivity index (χ1) is 7.13. The lowest BCUT2D eigenvalue weighted by Gasteiger charge is -2.24. The number of nitrogens with zero attached hydrogens (tertiary/aromatic N) is 1. The molecule has 0 saturated heterocycles. The van der Waals surface area contributed by atoms with E-state index in [2.05, 4.69) is 5.32 Å². The lowest BCUT2D eigenvalue weighted by atomic mass is 10.3. The van der Waals surface area contributed by atoms with Crippen LogP contribution in [0.1, 0.15) is 6.92 Å². The van der Waals surface area contributed by atoms with Crippen LogP contribution in [0, 0.1) is 0 Å². The minimum Gasteiger partial charge on any atom is -0.383 e. The molecule has 1 amide bonds. The predicted molar refractivity (Wildman–Crippen MR) is 66.1 cm³/mol. The maximum absolute atomic E-state index is 11.6. The summed E-state index contributed by atoms with van der Waals surface area (Å²) in [6.45, 7) is 4.16. The molecule has 0 aromatic heterocycles. The van der Waals surface area contributed by atoms with Gasteiger partial charge >= 0.3 is 0 Å². The van der Waals surface area contributed by atoms with Gasteiger partial charge in [0.15, 0.2) is 0 Å².